The van der Waals surface area contributed by atoms with Gasteiger partial charge in [0, 0.05) is 6.54 Å². The number of anilines is 1. The molecule has 2 aromatic rings. The van der Waals surface area contributed by atoms with E-state index in [9.17, 15) is 4.79 Å². The molecule has 102 valence electrons. The van der Waals surface area contributed by atoms with Crippen LogP contribution in [0.2, 0.25) is 0 Å². The summed E-state index contributed by atoms with van der Waals surface area (Å²) in [5, 5.41) is 7.00. The number of carbonyl (C=O) groups excluding carboxylic acids is 1. The van der Waals surface area contributed by atoms with Crippen LogP contribution in [0.15, 0.2) is 16.5 Å². The zero-order valence-electron chi connectivity index (χ0n) is 11.4. The number of hydrogen-bond donors (Lipinski definition) is 2. The lowest BCUT2D eigenvalue weighted by atomic mass is 10.3. The molecule has 19 heavy (non-hydrogen) atoms. The van der Waals surface area contributed by atoms with Crippen LogP contribution >= 0.6 is 0 Å². The van der Waals surface area contributed by atoms with Crippen LogP contribution in [0.5, 0.6) is 0 Å². The maximum Gasteiger partial charge on any atom is 0.272 e. The van der Waals surface area contributed by atoms with Gasteiger partial charge in [0.2, 0.25) is 0 Å². The van der Waals surface area contributed by atoms with Crippen LogP contribution in [-0.2, 0) is 13.1 Å². The maximum atomic E-state index is 12.1. The Morgan fingerprint density at radius 2 is 2.21 bits per heavy atom. The highest BCUT2D eigenvalue weighted by atomic mass is 16.3. The Bertz CT molecular complexity index is 598. The van der Waals surface area contributed by atoms with Gasteiger partial charge in [0.05, 0.1) is 17.9 Å². The first-order valence-corrected chi connectivity index (χ1v) is 6.19. The minimum atomic E-state index is -0.242. The zero-order valence-corrected chi connectivity index (χ0v) is 11.4. The molecule has 0 saturated carbocycles. The molecule has 2 aromatic heterocycles. The van der Waals surface area contributed by atoms with Crippen molar-refractivity contribution in [3.8, 4) is 0 Å². The Morgan fingerprint density at radius 3 is 2.79 bits per heavy atom. The number of nitrogens with zero attached hydrogens (tertiary/aromatic N) is 2. The Balaban J connectivity index is 2.12. The Hall–Kier alpha value is -2.24. The molecule has 6 heteroatoms. The van der Waals surface area contributed by atoms with Crippen molar-refractivity contribution in [1.29, 1.82) is 0 Å². The molecular formula is C13H18N4O2. The predicted molar refractivity (Wildman–Crippen MR) is 71.7 cm³/mol. The minimum absolute atomic E-state index is 0.242. The molecule has 0 radical (unpaired) electrons. The van der Waals surface area contributed by atoms with Crippen LogP contribution < -0.4 is 11.1 Å². The molecule has 2 heterocycles. The second kappa shape index (κ2) is 5.17. The number of carbonyl (C=O) groups is 1. The Kier molecular flexibility index (Phi) is 3.59. The highest BCUT2D eigenvalue weighted by Crippen LogP contribution is 2.16. The van der Waals surface area contributed by atoms with E-state index in [1.54, 1.807) is 11.6 Å². The van der Waals surface area contributed by atoms with E-state index in [4.69, 9.17) is 10.2 Å². The van der Waals surface area contributed by atoms with Gasteiger partial charge in [0.15, 0.2) is 0 Å². The summed E-state index contributed by atoms with van der Waals surface area (Å²) in [6.45, 7) is 6.49. The number of amides is 1. The van der Waals surface area contributed by atoms with Crippen molar-refractivity contribution in [3.63, 3.8) is 0 Å². The molecule has 0 atom stereocenters. The van der Waals surface area contributed by atoms with Crippen molar-refractivity contribution in [2.75, 3.05) is 5.73 Å². The molecular weight excluding hydrogens is 244 g/mol. The summed E-state index contributed by atoms with van der Waals surface area (Å²) in [6, 6.07) is 3.69. The number of nitrogen functional groups attached to an aromatic ring is 1. The predicted octanol–water partition coefficient (Wildman–Crippen LogP) is 1.63. The molecule has 3 N–H and O–H groups in total. The quantitative estimate of drug-likeness (QED) is 0.876. The topological polar surface area (TPSA) is 86.1 Å². The second-order valence-electron chi connectivity index (χ2n) is 4.36. The molecule has 6 nitrogen and oxygen atoms in total. The lowest BCUT2D eigenvalue weighted by Gasteiger charge is -2.06. The number of nitrogens with one attached hydrogen (secondary N) is 1. The fourth-order valence-corrected chi connectivity index (χ4v) is 1.89. The highest BCUT2D eigenvalue weighted by Gasteiger charge is 2.18. The monoisotopic (exact) mass is 262 g/mol. The normalized spacial score (nSPS) is 10.7. The minimum Gasteiger partial charge on any atom is -0.465 e. The van der Waals surface area contributed by atoms with Gasteiger partial charge in [0.1, 0.15) is 17.2 Å². The Morgan fingerprint density at radius 1 is 1.47 bits per heavy atom. The van der Waals surface area contributed by atoms with Gasteiger partial charge in [0.25, 0.3) is 5.91 Å². The van der Waals surface area contributed by atoms with Crippen molar-refractivity contribution in [2.24, 2.45) is 0 Å². The largest absolute Gasteiger partial charge is 0.465 e. The van der Waals surface area contributed by atoms with Crippen LogP contribution in [0, 0.1) is 13.8 Å². The van der Waals surface area contributed by atoms with Gasteiger partial charge in [-0.3, -0.25) is 9.48 Å². The van der Waals surface area contributed by atoms with Crippen molar-refractivity contribution in [2.45, 2.75) is 33.9 Å². The Labute approximate surface area is 111 Å². The number of hydrogen-bond acceptors (Lipinski definition) is 4. The third-order valence-electron chi connectivity index (χ3n) is 2.91. The standard InChI is InChI=1S/C13H18N4O2/c1-4-17-12(11(14)9(3)16-17)13(18)15-7-10-6-5-8(2)19-10/h5-6H,4,7,14H2,1-3H3,(H,15,18). The summed E-state index contributed by atoms with van der Waals surface area (Å²) in [4.78, 5) is 12.1. The molecule has 1 amide bonds. The first kappa shape index (κ1) is 13.2. The average molecular weight is 262 g/mol. The van der Waals surface area contributed by atoms with Crippen LogP contribution in [-0.4, -0.2) is 15.7 Å². The van der Waals surface area contributed by atoms with Crippen LogP contribution in [0.3, 0.4) is 0 Å². The summed E-state index contributed by atoms with van der Waals surface area (Å²) in [6.07, 6.45) is 0. The van der Waals surface area contributed by atoms with E-state index in [2.05, 4.69) is 10.4 Å². The molecule has 0 fully saturated rings. The molecule has 0 aliphatic heterocycles. The number of aromatic nitrogens is 2. The van der Waals surface area contributed by atoms with Gasteiger partial charge < -0.3 is 15.5 Å². The molecule has 0 aliphatic carbocycles. The lowest BCUT2D eigenvalue weighted by molar-refractivity contribution is 0.0938. The first-order chi connectivity index (χ1) is 9.02. The summed E-state index contributed by atoms with van der Waals surface area (Å²) in [7, 11) is 0. The number of aryl methyl sites for hydroxylation is 3. The number of rotatable bonds is 4. The fourth-order valence-electron chi connectivity index (χ4n) is 1.89. The van der Waals surface area contributed by atoms with E-state index in [0.29, 0.717) is 35.9 Å². The van der Waals surface area contributed by atoms with Crippen LogP contribution in [0.25, 0.3) is 0 Å². The van der Waals surface area contributed by atoms with E-state index in [1.165, 1.54) is 0 Å². The van der Waals surface area contributed by atoms with Gasteiger partial charge >= 0.3 is 0 Å². The van der Waals surface area contributed by atoms with Crippen molar-refractivity contribution in [1.82, 2.24) is 15.1 Å². The summed E-state index contributed by atoms with van der Waals surface area (Å²) in [5.74, 6) is 1.29. The molecule has 0 aromatic carbocycles. The van der Waals surface area contributed by atoms with E-state index in [0.717, 1.165) is 5.76 Å². The molecule has 0 unspecified atom stereocenters. The summed E-state index contributed by atoms with van der Waals surface area (Å²) >= 11 is 0. The summed E-state index contributed by atoms with van der Waals surface area (Å²) < 4.78 is 7.00. The molecule has 2 rings (SSSR count). The van der Waals surface area contributed by atoms with Gasteiger partial charge in [-0.05, 0) is 32.9 Å². The van der Waals surface area contributed by atoms with Crippen molar-refractivity contribution < 1.29 is 9.21 Å². The van der Waals surface area contributed by atoms with Gasteiger partial charge in [-0.1, -0.05) is 0 Å². The van der Waals surface area contributed by atoms with E-state index in [-0.39, 0.29) is 5.91 Å². The second-order valence-corrected chi connectivity index (χ2v) is 4.36. The lowest BCUT2D eigenvalue weighted by Crippen LogP contribution is -2.26. The average Bonchev–Trinajstić information content (AvgIpc) is 2.92. The fraction of sp³-hybridized carbons (Fsp3) is 0.385. The van der Waals surface area contributed by atoms with Crippen LogP contribution in [0.1, 0.15) is 34.6 Å². The van der Waals surface area contributed by atoms with E-state index in [1.807, 2.05) is 26.0 Å². The molecule has 0 bridgehead atoms. The van der Waals surface area contributed by atoms with Crippen molar-refractivity contribution in [3.05, 3.63) is 35.0 Å². The SMILES string of the molecule is CCn1nc(C)c(N)c1C(=O)NCc1ccc(C)o1. The van der Waals surface area contributed by atoms with E-state index >= 15 is 0 Å². The van der Waals surface area contributed by atoms with Gasteiger partial charge in [-0.2, -0.15) is 5.10 Å². The van der Waals surface area contributed by atoms with Gasteiger partial charge in [-0.15, -0.1) is 0 Å². The van der Waals surface area contributed by atoms with Gasteiger partial charge in [-0.25, -0.2) is 0 Å². The molecule has 0 saturated heterocycles. The smallest absolute Gasteiger partial charge is 0.272 e. The number of nitrogens with two attached hydrogens (primary N) is 1. The molecule has 0 spiro atoms. The van der Waals surface area contributed by atoms with E-state index < -0.39 is 0 Å². The van der Waals surface area contributed by atoms with Crippen LogP contribution in [0.4, 0.5) is 5.69 Å². The third kappa shape index (κ3) is 2.62. The first-order valence-electron chi connectivity index (χ1n) is 6.19. The zero-order chi connectivity index (χ0) is 14.0. The highest BCUT2D eigenvalue weighted by molar-refractivity contribution is 5.97. The third-order valence-corrected chi connectivity index (χ3v) is 2.91. The maximum absolute atomic E-state index is 12.1. The van der Waals surface area contributed by atoms with Crippen molar-refractivity contribution >= 4 is 11.6 Å². The molecule has 0 aliphatic rings. The summed E-state index contributed by atoms with van der Waals surface area (Å²) in [5.41, 5.74) is 7.38. The number of furan rings is 1.